The molecular formula is C14H18N4O3S. The smallest absolute Gasteiger partial charge is 0.274 e. The number of nitrogens with two attached hydrogens (primary N) is 1. The maximum atomic E-state index is 12.5. The number of imidazole rings is 1. The molecule has 0 radical (unpaired) electrons. The van der Waals surface area contributed by atoms with Crippen molar-refractivity contribution in [2.24, 2.45) is 11.1 Å². The molecule has 2 N–H and O–H groups in total. The lowest BCUT2D eigenvalue weighted by molar-refractivity contribution is 0.0783. The molecule has 1 fully saturated rings. The Labute approximate surface area is 128 Å². The van der Waals surface area contributed by atoms with Crippen molar-refractivity contribution >= 4 is 21.6 Å². The molecule has 0 spiro atoms. The first-order valence-electron chi connectivity index (χ1n) is 7.07. The predicted octanol–water partition coefficient (Wildman–Crippen LogP) is 0.393. The molecule has 2 aromatic rings. The Kier molecular flexibility index (Phi) is 3.65. The topological polar surface area (TPSA) is 97.8 Å². The van der Waals surface area contributed by atoms with E-state index >= 15 is 0 Å². The highest BCUT2D eigenvalue weighted by atomic mass is 32.2. The summed E-state index contributed by atoms with van der Waals surface area (Å²) in [5, 5.41) is 5.07. The van der Waals surface area contributed by atoms with E-state index < -0.39 is 10.0 Å². The van der Waals surface area contributed by atoms with Crippen LogP contribution in [-0.4, -0.2) is 47.5 Å². The number of primary sulfonamides is 1. The molecule has 3 heterocycles. The Morgan fingerprint density at radius 2 is 2.18 bits per heavy atom. The molecule has 2 aromatic heterocycles. The Bertz CT molecular complexity index is 828. The zero-order chi connectivity index (χ0) is 15.9. The van der Waals surface area contributed by atoms with E-state index in [1.807, 2.05) is 29.7 Å². The minimum Gasteiger partial charge on any atom is -0.337 e. The highest BCUT2D eigenvalue weighted by Crippen LogP contribution is 2.20. The van der Waals surface area contributed by atoms with Crippen molar-refractivity contribution in [1.82, 2.24) is 14.3 Å². The standard InChI is InChI=1S/C14H18N4O3S/c1-10-2-3-13-16-12(8-18(13)6-10)14(19)17-5-4-11(7-17)9-22(15,20)21/h2-3,6,8,11H,4-5,7,9H2,1H3,(H2,15,20,21). The van der Waals surface area contributed by atoms with E-state index in [2.05, 4.69) is 4.98 Å². The maximum absolute atomic E-state index is 12.5. The number of nitrogens with zero attached hydrogens (tertiary/aromatic N) is 3. The van der Waals surface area contributed by atoms with Crippen molar-refractivity contribution in [3.05, 3.63) is 35.8 Å². The SMILES string of the molecule is Cc1ccc2nc(C(=O)N3CCC(CS(N)(=O)=O)C3)cn2c1. The second-order valence-corrected chi connectivity index (χ2v) is 7.49. The van der Waals surface area contributed by atoms with Gasteiger partial charge in [-0.1, -0.05) is 6.07 Å². The van der Waals surface area contributed by atoms with E-state index in [1.165, 1.54) is 0 Å². The zero-order valence-corrected chi connectivity index (χ0v) is 13.1. The molecular weight excluding hydrogens is 304 g/mol. The van der Waals surface area contributed by atoms with Crippen molar-refractivity contribution in [3.63, 3.8) is 0 Å². The maximum Gasteiger partial charge on any atom is 0.274 e. The number of sulfonamides is 1. The molecule has 7 nitrogen and oxygen atoms in total. The molecule has 0 saturated carbocycles. The van der Waals surface area contributed by atoms with E-state index in [-0.39, 0.29) is 17.6 Å². The van der Waals surface area contributed by atoms with E-state index in [4.69, 9.17) is 5.14 Å². The van der Waals surface area contributed by atoms with Crippen LogP contribution in [0.4, 0.5) is 0 Å². The summed E-state index contributed by atoms with van der Waals surface area (Å²) in [6.07, 6.45) is 4.26. The van der Waals surface area contributed by atoms with E-state index in [9.17, 15) is 13.2 Å². The number of aryl methyl sites for hydroxylation is 1. The summed E-state index contributed by atoms with van der Waals surface area (Å²) in [4.78, 5) is 18.5. The van der Waals surface area contributed by atoms with Gasteiger partial charge in [-0.2, -0.15) is 0 Å². The van der Waals surface area contributed by atoms with Crippen LogP contribution in [-0.2, 0) is 10.0 Å². The van der Waals surface area contributed by atoms with Gasteiger partial charge >= 0.3 is 0 Å². The van der Waals surface area contributed by atoms with Gasteiger partial charge in [-0.05, 0) is 30.9 Å². The molecule has 0 bridgehead atoms. The van der Waals surface area contributed by atoms with Crippen molar-refractivity contribution in [3.8, 4) is 0 Å². The molecule has 118 valence electrons. The van der Waals surface area contributed by atoms with Gasteiger partial charge in [0.05, 0.1) is 5.75 Å². The van der Waals surface area contributed by atoms with Gasteiger partial charge in [0.25, 0.3) is 5.91 Å². The van der Waals surface area contributed by atoms with Gasteiger partial charge < -0.3 is 9.30 Å². The van der Waals surface area contributed by atoms with Crippen LogP contribution in [0.25, 0.3) is 5.65 Å². The number of carbonyl (C=O) groups is 1. The van der Waals surface area contributed by atoms with Crippen LogP contribution in [0.5, 0.6) is 0 Å². The van der Waals surface area contributed by atoms with E-state index in [0.29, 0.717) is 30.9 Å². The number of hydrogen-bond acceptors (Lipinski definition) is 4. The van der Waals surface area contributed by atoms with Gasteiger partial charge in [0, 0.05) is 25.5 Å². The number of hydrogen-bond donors (Lipinski definition) is 1. The molecule has 3 rings (SSSR count). The Morgan fingerprint density at radius 1 is 1.41 bits per heavy atom. The molecule has 0 aromatic carbocycles. The molecule has 1 aliphatic heterocycles. The number of carbonyl (C=O) groups excluding carboxylic acids is 1. The van der Waals surface area contributed by atoms with Gasteiger partial charge in [-0.15, -0.1) is 0 Å². The van der Waals surface area contributed by atoms with Crippen LogP contribution in [0.1, 0.15) is 22.5 Å². The quantitative estimate of drug-likeness (QED) is 0.884. The summed E-state index contributed by atoms with van der Waals surface area (Å²) in [5.74, 6) is -0.349. The Balaban J connectivity index is 1.76. The number of pyridine rings is 1. The average Bonchev–Trinajstić information content (AvgIpc) is 3.02. The molecule has 22 heavy (non-hydrogen) atoms. The van der Waals surface area contributed by atoms with Crippen LogP contribution in [0.2, 0.25) is 0 Å². The molecule has 1 saturated heterocycles. The van der Waals surface area contributed by atoms with Gasteiger partial charge in [0.2, 0.25) is 10.0 Å². The summed E-state index contributed by atoms with van der Waals surface area (Å²) in [7, 11) is -3.50. The number of amides is 1. The third-order valence-electron chi connectivity index (χ3n) is 3.86. The lowest BCUT2D eigenvalue weighted by Crippen LogP contribution is -2.31. The van der Waals surface area contributed by atoms with Crippen LogP contribution < -0.4 is 5.14 Å². The lowest BCUT2D eigenvalue weighted by atomic mass is 10.2. The molecule has 1 amide bonds. The molecule has 1 unspecified atom stereocenters. The fraction of sp³-hybridized carbons (Fsp3) is 0.429. The van der Waals surface area contributed by atoms with Crippen molar-refractivity contribution in [2.45, 2.75) is 13.3 Å². The predicted molar refractivity (Wildman–Crippen MR) is 81.9 cm³/mol. The number of likely N-dealkylation sites (tertiary alicyclic amines) is 1. The lowest BCUT2D eigenvalue weighted by Gasteiger charge is -2.14. The third kappa shape index (κ3) is 3.12. The minimum absolute atomic E-state index is 0.0822. The van der Waals surface area contributed by atoms with E-state index in [0.717, 1.165) is 5.56 Å². The largest absolute Gasteiger partial charge is 0.337 e. The van der Waals surface area contributed by atoms with Crippen molar-refractivity contribution in [2.75, 3.05) is 18.8 Å². The first kappa shape index (κ1) is 15.0. The second kappa shape index (κ2) is 5.36. The van der Waals surface area contributed by atoms with Crippen LogP contribution in [0, 0.1) is 12.8 Å². The molecule has 1 aliphatic rings. The fourth-order valence-corrected chi connectivity index (χ4v) is 3.78. The van der Waals surface area contributed by atoms with Crippen LogP contribution >= 0.6 is 0 Å². The Hall–Kier alpha value is -1.93. The van der Waals surface area contributed by atoms with E-state index in [1.54, 1.807) is 11.1 Å². The monoisotopic (exact) mass is 322 g/mol. The fourth-order valence-electron chi connectivity index (χ4n) is 2.85. The Morgan fingerprint density at radius 3 is 2.91 bits per heavy atom. The van der Waals surface area contributed by atoms with Gasteiger partial charge in [-0.3, -0.25) is 4.79 Å². The molecule has 0 aliphatic carbocycles. The second-order valence-electron chi connectivity index (χ2n) is 5.83. The third-order valence-corrected chi connectivity index (χ3v) is 4.80. The van der Waals surface area contributed by atoms with Crippen molar-refractivity contribution < 1.29 is 13.2 Å². The summed E-state index contributed by atoms with van der Waals surface area (Å²) in [6.45, 7) is 2.91. The van der Waals surface area contributed by atoms with Gasteiger partial charge in [0.15, 0.2) is 0 Å². The molecule has 1 atom stereocenters. The summed E-state index contributed by atoms with van der Waals surface area (Å²) in [5.41, 5.74) is 2.18. The minimum atomic E-state index is -3.50. The number of rotatable bonds is 3. The first-order chi connectivity index (χ1) is 10.3. The number of aromatic nitrogens is 2. The highest BCUT2D eigenvalue weighted by Gasteiger charge is 2.30. The number of fused-ring (bicyclic) bond motifs is 1. The average molecular weight is 322 g/mol. The molecule has 8 heteroatoms. The van der Waals surface area contributed by atoms with Crippen LogP contribution in [0.3, 0.4) is 0 Å². The summed E-state index contributed by atoms with van der Waals surface area (Å²) >= 11 is 0. The summed E-state index contributed by atoms with van der Waals surface area (Å²) in [6, 6.07) is 3.80. The van der Waals surface area contributed by atoms with Gasteiger partial charge in [0.1, 0.15) is 11.3 Å². The summed E-state index contributed by atoms with van der Waals surface area (Å²) < 4.78 is 24.1. The highest BCUT2D eigenvalue weighted by molar-refractivity contribution is 7.89. The van der Waals surface area contributed by atoms with Crippen molar-refractivity contribution in [1.29, 1.82) is 0 Å². The normalized spacial score (nSPS) is 19.0. The first-order valence-corrected chi connectivity index (χ1v) is 8.78. The van der Waals surface area contributed by atoms with Gasteiger partial charge in [-0.25, -0.2) is 18.5 Å². The zero-order valence-electron chi connectivity index (χ0n) is 12.3. The van der Waals surface area contributed by atoms with Crippen LogP contribution in [0.15, 0.2) is 24.5 Å².